The molecule has 2 aromatic rings. The van der Waals surface area contributed by atoms with E-state index in [0.717, 1.165) is 11.1 Å². The van der Waals surface area contributed by atoms with Gasteiger partial charge >= 0.3 is 0 Å². The van der Waals surface area contributed by atoms with Crippen LogP contribution in [0.3, 0.4) is 0 Å². The standard InChI is InChI=1S/C26H18Cl2O4/c27-21-12-23(32)25(18-7-3-16(14-30)4-8-18)26(28)24(21)19-9-10-22(31)20(11-19)17-5-1-15(13-29)2-6-17/h1-12,29-30H,13-14H2. The second-order valence-electron chi connectivity index (χ2n) is 7.34. The molecule has 0 aliphatic heterocycles. The maximum Gasteiger partial charge on any atom is 0.189 e. The molecule has 0 radical (unpaired) electrons. The highest BCUT2D eigenvalue weighted by Gasteiger charge is 2.27. The lowest BCUT2D eigenvalue weighted by Gasteiger charge is -2.20. The Morgan fingerprint density at radius 1 is 0.656 bits per heavy atom. The van der Waals surface area contributed by atoms with E-state index in [1.165, 1.54) is 12.2 Å². The third-order valence-corrected chi connectivity index (χ3v) is 6.00. The Bertz CT molecular complexity index is 1260. The highest BCUT2D eigenvalue weighted by Crippen LogP contribution is 2.41. The number of carbonyl (C=O) groups excluding carboxylic acids is 2. The molecule has 0 saturated heterocycles. The van der Waals surface area contributed by atoms with E-state index in [1.807, 2.05) is 0 Å². The summed E-state index contributed by atoms with van der Waals surface area (Å²) in [5.41, 5.74) is 4.59. The first-order valence-corrected chi connectivity index (χ1v) is 10.6. The fraction of sp³-hybridized carbons (Fsp3) is 0.0769. The molecule has 0 saturated carbocycles. The van der Waals surface area contributed by atoms with Gasteiger partial charge in [0.25, 0.3) is 0 Å². The zero-order valence-corrected chi connectivity index (χ0v) is 18.3. The van der Waals surface area contributed by atoms with Crippen molar-refractivity contribution in [2.24, 2.45) is 0 Å². The van der Waals surface area contributed by atoms with Gasteiger partial charge in [-0.1, -0.05) is 77.8 Å². The Balaban J connectivity index is 1.85. The summed E-state index contributed by atoms with van der Waals surface area (Å²) in [5.74, 6) is -0.487. The van der Waals surface area contributed by atoms with Crippen molar-refractivity contribution in [1.82, 2.24) is 0 Å². The van der Waals surface area contributed by atoms with Crippen LogP contribution in [0.5, 0.6) is 0 Å². The molecule has 0 aromatic heterocycles. The number of benzene rings is 2. The molecule has 6 heteroatoms. The topological polar surface area (TPSA) is 74.6 Å². The summed E-state index contributed by atoms with van der Waals surface area (Å²) in [4.78, 5) is 25.3. The average Bonchev–Trinajstić information content (AvgIpc) is 2.80. The van der Waals surface area contributed by atoms with Crippen molar-refractivity contribution < 1.29 is 19.8 Å². The molecule has 0 spiro atoms. The molecule has 4 nitrogen and oxygen atoms in total. The first-order valence-electron chi connectivity index (χ1n) is 9.83. The van der Waals surface area contributed by atoms with Gasteiger partial charge in [0.1, 0.15) is 0 Å². The van der Waals surface area contributed by atoms with Crippen molar-refractivity contribution in [3.63, 3.8) is 0 Å². The van der Waals surface area contributed by atoms with Gasteiger partial charge in [-0.2, -0.15) is 0 Å². The van der Waals surface area contributed by atoms with Crippen LogP contribution in [0.25, 0.3) is 11.1 Å². The minimum atomic E-state index is -0.319. The van der Waals surface area contributed by atoms with Crippen LogP contribution < -0.4 is 0 Å². The van der Waals surface area contributed by atoms with Crippen LogP contribution in [0.15, 0.2) is 94.0 Å². The SMILES string of the molecule is O=C1C=CC(=C2C(Cl)=CC(=O)C(c3ccc(CO)cc3)=C2Cl)C=C1c1ccc(CO)cc1. The quantitative estimate of drug-likeness (QED) is 0.678. The van der Waals surface area contributed by atoms with E-state index in [0.29, 0.717) is 33.4 Å². The molecule has 0 bridgehead atoms. The Labute approximate surface area is 195 Å². The molecule has 2 aliphatic rings. The van der Waals surface area contributed by atoms with Crippen LogP contribution in [0.2, 0.25) is 0 Å². The van der Waals surface area contributed by atoms with Crippen LogP contribution in [0.1, 0.15) is 22.3 Å². The van der Waals surface area contributed by atoms with Gasteiger partial charge in [0.05, 0.1) is 23.3 Å². The minimum Gasteiger partial charge on any atom is -0.392 e. The fourth-order valence-electron chi connectivity index (χ4n) is 3.61. The van der Waals surface area contributed by atoms with Crippen molar-refractivity contribution >= 4 is 45.9 Å². The highest BCUT2D eigenvalue weighted by molar-refractivity contribution is 6.49. The van der Waals surface area contributed by atoms with Crippen molar-refractivity contribution in [1.29, 1.82) is 0 Å². The summed E-state index contributed by atoms with van der Waals surface area (Å²) in [5, 5.41) is 18.9. The Morgan fingerprint density at radius 2 is 1.22 bits per heavy atom. The molecule has 0 atom stereocenters. The lowest BCUT2D eigenvalue weighted by molar-refractivity contribution is -0.110. The van der Waals surface area contributed by atoms with Crippen LogP contribution in [-0.2, 0) is 22.8 Å². The van der Waals surface area contributed by atoms with Crippen molar-refractivity contribution in [3.8, 4) is 0 Å². The first kappa shape index (κ1) is 22.2. The maximum atomic E-state index is 12.7. The van der Waals surface area contributed by atoms with Crippen molar-refractivity contribution in [2.75, 3.05) is 0 Å². The van der Waals surface area contributed by atoms with E-state index in [2.05, 4.69) is 0 Å². The van der Waals surface area contributed by atoms with Crippen molar-refractivity contribution in [2.45, 2.75) is 13.2 Å². The smallest absolute Gasteiger partial charge is 0.189 e. The van der Waals surface area contributed by atoms with E-state index in [9.17, 15) is 19.8 Å². The van der Waals surface area contributed by atoms with Crippen LogP contribution >= 0.6 is 23.2 Å². The Hall–Kier alpha value is -3.02. The zero-order chi connectivity index (χ0) is 22.8. The molecule has 2 aliphatic carbocycles. The van der Waals surface area contributed by atoms with Gasteiger partial charge in [0.2, 0.25) is 0 Å². The number of aliphatic hydroxyl groups excluding tert-OH is 2. The zero-order valence-electron chi connectivity index (χ0n) is 16.8. The summed E-state index contributed by atoms with van der Waals surface area (Å²) in [6.07, 6.45) is 6.09. The summed E-state index contributed by atoms with van der Waals surface area (Å²) >= 11 is 13.1. The number of hydrogen-bond donors (Lipinski definition) is 2. The molecule has 2 N–H and O–H groups in total. The van der Waals surface area contributed by atoms with E-state index in [-0.39, 0.29) is 34.8 Å². The average molecular weight is 465 g/mol. The monoisotopic (exact) mass is 464 g/mol. The van der Waals surface area contributed by atoms with Gasteiger partial charge < -0.3 is 10.2 Å². The molecule has 0 amide bonds. The fourth-order valence-corrected chi connectivity index (χ4v) is 4.37. The Morgan fingerprint density at radius 3 is 1.78 bits per heavy atom. The summed E-state index contributed by atoms with van der Waals surface area (Å²) in [7, 11) is 0. The normalized spacial score (nSPS) is 18.8. The molecule has 4 rings (SSSR count). The van der Waals surface area contributed by atoms with Gasteiger partial charge in [0.15, 0.2) is 11.6 Å². The van der Waals surface area contributed by atoms with Gasteiger partial charge in [-0.3, -0.25) is 9.59 Å². The minimum absolute atomic E-state index is 0.0840. The van der Waals surface area contributed by atoms with Crippen LogP contribution in [0, 0.1) is 0 Å². The number of allylic oxidation sites excluding steroid dienone is 10. The number of aliphatic hydroxyl groups is 2. The second kappa shape index (κ2) is 9.23. The first-order chi connectivity index (χ1) is 15.4. The third-order valence-electron chi connectivity index (χ3n) is 5.32. The summed E-state index contributed by atoms with van der Waals surface area (Å²) in [6, 6.07) is 13.9. The van der Waals surface area contributed by atoms with Gasteiger partial charge in [-0.25, -0.2) is 0 Å². The summed E-state index contributed by atoms with van der Waals surface area (Å²) < 4.78 is 0. The predicted octanol–water partition coefficient (Wildman–Crippen LogP) is 4.85. The number of rotatable bonds is 4. The molecule has 0 unspecified atom stereocenters. The number of halogens is 2. The van der Waals surface area contributed by atoms with Gasteiger partial charge in [0, 0.05) is 22.8 Å². The summed E-state index contributed by atoms with van der Waals surface area (Å²) in [6.45, 7) is -0.187. The number of ketones is 2. The van der Waals surface area contributed by atoms with Crippen molar-refractivity contribution in [3.05, 3.63) is 116 Å². The molecule has 160 valence electrons. The highest BCUT2D eigenvalue weighted by atomic mass is 35.5. The van der Waals surface area contributed by atoms with E-state index < -0.39 is 0 Å². The molecular weight excluding hydrogens is 447 g/mol. The molecular formula is C26H18Cl2O4. The largest absolute Gasteiger partial charge is 0.392 e. The van der Waals surface area contributed by atoms with Crippen LogP contribution in [0.4, 0.5) is 0 Å². The third kappa shape index (κ3) is 4.18. The molecule has 32 heavy (non-hydrogen) atoms. The molecule has 0 heterocycles. The number of hydrogen-bond acceptors (Lipinski definition) is 4. The van der Waals surface area contributed by atoms with Gasteiger partial charge in [-0.05, 0) is 40.0 Å². The van der Waals surface area contributed by atoms with Gasteiger partial charge in [-0.15, -0.1) is 0 Å². The van der Waals surface area contributed by atoms with E-state index in [4.69, 9.17) is 23.2 Å². The van der Waals surface area contributed by atoms with Crippen LogP contribution in [-0.4, -0.2) is 21.8 Å². The molecule has 0 fully saturated rings. The number of carbonyl (C=O) groups is 2. The van der Waals surface area contributed by atoms with E-state index >= 15 is 0 Å². The maximum absolute atomic E-state index is 12.7. The molecule has 2 aromatic carbocycles. The lowest BCUT2D eigenvalue weighted by atomic mass is 9.87. The lowest BCUT2D eigenvalue weighted by Crippen LogP contribution is -2.11. The Kier molecular flexibility index (Phi) is 6.40. The van der Waals surface area contributed by atoms with E-state index in [1.54, 1.807) is 60.7 Å². The predicted molar refractivity (Wildman–Crippen MR) is 126 cm³/mol. The second-order valence-corrected chi connectivity index (χ2v) is 8.13.